The summed E-state index contributed by atoms with van der Waals surface area (Å²) in [6, 6.07) is 8.05. The molecule has 0 radical (unpaired) electrons. The van der Waals surface area contributed by atoms with E-state index in [2.05, 4.69) is 10.6 Å². The molecule has 2 unspecified atom stereocenters. The maximum absolute atomic E-state index is 12.1. The number of ether oxygens (including phenoxy) is 1. The van der Waals surface area contributed by atoms with Gasteiger partial charge in [0.05, 0.1) is 17.7 Å². The van der Waals surface area contributed by atoms with Gasteiger partial charge in [0.25, 0.3) is 0 Å². The zero-order valence-corrected chi connectivity index (χ0v) is 14.1. The van der Waals surface area contributed by atoms with E-state index >= 15 is 0 Å². The Balaban J connectivity index is 2.57. The number of nitrogens with zero attached hydrogens (tertiary/aromatic N) is 1. The lowest BCUT2D eigenvalue weighted by Crippen LogP contribution is -2.47. The highest BCUT2D eigenvalue weighted by molar-refractivity contribution is 5.85. The summed E-state index contributed by atoms with van der Waals surface area (Å²) in [6.45, 7) is 8.68. The van der Waals surface area contributed by atoms with E-state index in [4.69, 9.17) is 10.00 Å². The topological polar surface area (TPSA) is 91.2 Å². The molecule has 0 spiro atoms. The lowest BCUT2D eigenvalue weighted by atomic mass is 10.1. The molecule has 0 bridgehead atoms. The van der Waals surface area contributed by atoms with E-state index in [1.807, 2.05) is 13.0 Å². The third-order valence-corrected chi connectivity index (χ3v) is 3.03. The van der Waals surface area contributed by atoms with Gasteiger partial charge in [-0.15, -0.1) is 0 Å². The molecule has 0 aliphatic heterocycles. The standard InChI is InChI=1S/C17H23N3O3/c1-11(14-8-6-13(10-18)7-9-14)19-15(21)12(2)20-16(22)23-17(3,4)5/h6-9,11-12H,1-5H3,(H,19,21)(H,20,22). The van der Waals surface area contributed by atoms with E-state index in [9.17, 15) is 9.59 Å². The summed E-state index contributed by atoms with van der Waals surface area (Å²) < 4.78 is 5.11. The van der Waals surface area contributed by atoms with Gasteiger partial charge in [0, 0.05) is 0 Å². The molecule has 2 atom stereocenters. The highest BCUT2D eigenvalue weighted by Gasteiger charge is 2.22. The lowest BCUT2D eigenvalue weighted by Gasteiger charge is -2.22. The zero-order chi connectivity index (χ0) is 17.6. The van der Waals surface area contributed by atoms with E-state index in [1.54, 1.807) is 52.0 Å². The van der Waals surface area contributed by atoms with Gasteiger partial charge in [-0.1, -0.05) is 12.1 Å². The summed E-state index contributed by atoms with van der Waals surface area (Å²) in [5.74, 6) is -0.312. The normalized spacial score (nSPS) is 13.4. The fourth-order valence-corrected chi connectivity index (χ4v) is 1.82. The predicted octanol–water partition coefficient (Wildman–Crippen LogP) is 2.65. The number of nitriles is 1. The second-order valence-electron chi connectivity index (χ2n) is 6.33. The fraction of sp³-hybridized carbons (Fsp3) is 0.471. The van der Waals surface area contributed by atoms with Gasteiger partial charge in [-0.2, -0.15) is 5.26 Å². The average Bonchev–Trinajstić information content (AvgIpc) is 2.45. The molecule has 23 heavy (non-hydrogen) atoms. The van der Waals surface area contributed by atoms with Gasteiger partial charge in [-0.3, -0.25) is 4.79 Å². The number of carbonyl (C=O) groups is 2. The number of hydrogen-bond donors (Lipinski definition) is 2. The largest absolute Gasteiger partial charge is 0.444 e. The van der Waals surface area contributed by atoms with Crippen LogP contribution in [-0.2, 0) is 9.53 Å². The minimum absolute atomic E-state index is 0.238. The van der Waals surface area contributed by atoms with E-state index in [-0.39, 0.29) is 11.9 Å². The van der Waals surface area contributed by atoms with Crippen molar-refractivity contribution in [2.45, 2.75) is 52.3 Å². The van der Waals surface area contributed by atoms with Crippen molar-refractivity contribution >= 4 is 12.0 Å². The van der Waals surface area contributed by atoms with Gasteiger partial charge in [0.15, 0.2) is 0 Å². The van der Waals surface area contributed by atoms with Crippen LogP contribution in [0.25, 0.3) is 0 Å². The number of carbonyl (C=O) groups excluding carboxylic acids is 2. The second-order valence-corrected chi connectivity index (χ2v) is 6.33. The van der Waals surface area contributed by atoms with Gasteiger partial charge in [-0.25, -0.2) is 4.79 Å². The minimum atomic E-state index is -0.717. The SMILES string of the molecule is CC(NC(=O)OC(C)(C)C)C(=O)NC(C)c1ccc(C#N)cc1. The number of nitrogens with one attached hydrogen (secondary N) is 2. The first-order valence-corrected chi connectivity index (χ1v) is 7.42. The summed E-state index contributed by atoms with van der Waals surface area (Å²) >= 11 is 0. The Bertz CT molecular complexity index is 597. The highest BCUT2D eigenvalue weighted by Crippen LogP contribution is 2.13. The Morgan fingerprint density at radius 3 is 2.17 bits per heavy atom. The number of amides is 2. The third-order valence-electron chi connectivity index (χ3n) is 3.03. The monoisotopic (exact) mass is 317 g/mol. The Morgan fingerprint density at radius 2 is 1.70 bits per heavy atom. The van der Waals surface area contributed by atoms with Crippen molar-refractivity contribution in [1.29, 1.82) is 5.26 Å². The second kappa shape index (κ2) is 7.63. The lowest BCUT2D eigenvalue weighted by molar-refractivity contribution is -0.123. The van der Waals surface area contributed by atoms with Crippen LogP contribution in [0.15, 0.2) is 24.3 Å². The van der Waals surface area contributed by atoms with Crippen molar-refractivity contribution in [3.05, 3.63) is 35.4 Å². The molecule has 6 heteroatoms. The third kappa shape index (κ3) is 6.39. The van der Waals surface area contributed by atoms with Crippen LogP contribution >= 0.6 is 0 Å². The summed E-state index contributed by atoms with van der Waals surface area (Å²) in [6.07, 6.45) is -0.633. The van der Waals surface area contributed by atoms with Crippen molar-refractivity contribution < 1.29 is 14.3 Å². The maximum Gasteiger partial charge on any atom is 0.408 e. The quantitative estimate of drug-likeness (QED) is 0.893. The molecule has 124 valence electrons. The van der Waals surface area contributed by atoms with Crippen molar-refractivity contribution in [3.8, 4) is 6.07 Å². The molecule has 2 N–H and O–H groups in total. The van der Waals surface area contributed by atoms with Crippen molar-refractivity contribution in [2.75, 3.05) is 0 Å². The van der Waals surface area contributed by atoms with Crippen LogP contribution in [0.4, 0.5) is 4.79 Å². The average molecular weight is 317 g/mol. The molecule has 0 aliphatic rings. The number of benzene rings is 1. The molecule has 0 aliphatic carbocycles. The van der Waals surface area contributed by atoms with Gasteiger partial charge in [0.2, 0.25) is 5.91 Å². The van der Waals surface area contributed by atoms with E-state index in [0.717, 1.165) is 5.56 Å². The van der Waals surface area contributed by atoms with Crippen LogP contribution in [0, 0.1) is 11.3 Å². The molecule has 1 aromatic carbocycles. The minimum Gasteiger partial charge on any atom is -0.444 e. The molecule has 1 aromatic rings. The Kier molecular flexibility index (Phi) is 6.14. The molecular weight excluding hydrogens is 294 g/mol. The molecule has 1 rings (SSSR count). The number of alkyl carbamates (subject to hydrolysis) is 1. The zero-order valence-electron chi connectivity index (χ0n) is 14.1. The molecule has 6 nitrogen and oxygen atoms in total. The van der Waals surface area contributed by atoms with Crippen LogP contribution < -0.4 is 10.6 Å². The van der Waals surface area contributed by atoms with Gasteiger partial charge < -0.3 is 15.4 Å². The van der Waals surface area contributed by atoms with Gasteiger partial charge in [0.1, 0.15) is 11.6 Å². The summed E-state index contributed by atoms with van der Waals surface area (Å²) in [5, 5.41) is 14.1. The summed E-state index contributed by atoms with van der Waals surface area (Å²) in [7, 11) is 0. The van der Waals surface area contributed by atoms with Crippen LogP contribution in [0.3, 0.4) is 0 Å². The molecule has 0 heterocycles. The predicted molar refractivity (Wildman–Crippen MR) is 86.5 cm³/mol. The van der Waals surface area contributed by atoms with Gasteiger partial charge in [-0.05, 0) is 52.3 Å². The number of hydrogen-bond acceptors (Lipinski definition) is 4. The Labute approximate surface area is 136 Å². The summed E-state index contributed by atoms with van der Waals surface area (Å²) in [4.78, 5) is 23.8. The van der Waals surface area contributed by atoms with E-state index in [0.29, 0.717) is 5.56 Å². The first kappa shape index (κ1) is 18.5. The van der Waals surface area contributed by atoms with Crippen molar-refractivity contribution in [2.24, 2.45) is 0 Å². The van der Waals surface area contributed by atoms with Crippen LogP contribution in [-0.4, -0.2) is 23.6 Å². The molecule has 0 saturated carbocycles. The smallest absolute Gasteiger partial charge is 0.408 e. The molecular formula is C17H23N3O3. The van der Waals surface area contributed by atoms with E-state index < -0.39 is 17.7 Å². The molecule has 0 saturated heterocycles. The first-order valence-electron chi connectivity index (χ1n) is 7.42. The van der Waals surface area contributed by atoms with Crippen LogP contribution in [0.2, 0.25) is 0 Å². The van der Waals surface area contributed by atoms with E-state index in [1.165, 1.54) is 0 Å². The van der Waals surface area contributed by atoms with Gasteiger partial charge >= 0.3 is 6.09 Å². The molecule has 0 aromatic heterocycles. The summed E-state index contributed by atoms with van der Waals surface area (Å²) in [5.41, 5.74) is 0.824. The maximum atomic E-state index is 12.1. The number of rotatable bonds is 4. The molecule has 2 amide bonds. The van der Waals surface area contributed by atoms with Crippen LogP contribution in [0.5, 0.6) is 0 Å². The Morgan fingerprint density at radius 1 is 1.13 bits per heavy atom. The van der Waals surface area contributed by atoms with Crippen LogP contribution in [0.1, 0.15) is 51.8 Å². The van der Waals surface area contributed by atoms with Crippen molar-refractivity contribution in [1.82, 2.24) is 10.6 Å². The Hall–Kier alpha value is -2.55. The van der Waals surface area contributed by atoms with Crippen molar-refractivity contribution in [3.63, 3.8) is 0 Å². The fourth-order valence-electron chi connectivity index (χ4n) is 1.82. The first-order chi connectivity index (χ1) is 10.6. The highest BCUT2D eigenvalue weighted by atomic mass is 16.6. The molecule has 0 fully saturated rings.